The highest BCUT2D eigenvalue weighted by Gasteiger charge is 2.38. The first-order chi connectivity index (χ1) is 13.6. The van der Waals surface area contributed by atoms with Gasteiger partial charge in [-0.15, -0.1) is 0 Å². The third-order valence-corrected chi connectivity index (χ3v) is 6.88. The number of halogens is 3. The summed E-state index contributed by atoms with van der Waals surface area (Å²) in [5, 5.41) is 0. The van der Waals surface area contributed by atoms with Crippen molar-refractivity contribution in [1.29, 1.82) is 0 Å². The first-order valence-corrected chi connectivity index (χ1v) is 11.2. The largest absolute Gasteiger partial charge is 0.395 e. The summed E-state index contributed by atoms with van der Waals surface area (Å²) < 4.78 is 67.8. The van der Waals surface area contributed by atoms with Crippen molar-refractivity contribution >= 4 is 10.1 Å². The molecule has 1 unspecified atom stereocenters. The Kier molecular flexibility index (Phi) is 6.73. The van der Waals surface area contributed by atoms with Crippen LogP contribution in [-0.4, -0.2) is 39.2 Å². The van der Waals surface area contributed by atoms with Crippen molar-refractivity contribution in [3.63, 3.8) is 0 Å². The van der Waals surface area contributed by atoms with E-state index in [2.05, 4.69) is 4.90 Å². The van der Waals surface area contributed by atoms with Gasteiger partial charge in [-0.25, -0.2) is 0 Å². The van der Waals surface area contributed by atoms with Crippen LogP contribution in [-0.2, 0) is 14.3 Å². The summed E-state index contributed by atoms with van der Waals surface area (Å²) in [5.41, 5.74) is 1.83. The first-order valence-electron chi connectivity index (χ1n) is 9.81. The Morgan fingerprint density at radius 3 is 2.34 bits per heavy atom. The highest BCUT2D eigenvalue weighted by atomic mass is 32.2. The SMILES string of the molecule is Cc1ccc(S(=O)(=O)OCCC2CCN(C3=CCC(C(F)(F)F)C=C3)CC2)cc1. The van der Waals surface area contributed by atoms with Gasteiger partial charge in [-0.2, -0.15) is 21.6 Å². The monoisotopic (exact) mass is 429 g/mol. The van der Waals surface area contributed by atoms with E-state index in [9.17, 15) is 21.6 Å². The lowest BCUT2D eigenvalue weighted by Gasteiger charge is -2.35. The van der Waals surface area contributed by atoms with Gasteiger partial charge in [0.15, 0.2) is 0 Å². The van der Waals surface area contributed by atoms with E-state index in [1.165, 1.54) is 18.2 Å². The second-order valence-electron chi connectivity index (χ2n) is 7.68. The van der Waals surface area contributed by atoms with E-state index in [-0.39, 0.29) is 17.9 Å². The lowest BCUT2D eigenvalue weighted by Crippen LogP contribution is -2.34. The molecule has 29 heavy (non-hydrogen) atoms. The Labute approximate surface area is 170 Å². The fourth-order valence-corrected chi connectivity index (χ4v) is 4.58. The molecule has 3 rings (SSSR count). The van der Waals surface area contributed by atoms with E-state index in [1.54, 1.807) is 24.3 Å². The number of benzene rings is 1. The molecular weight excluding hydrogens is 403 g/mol. The molecule has 0 radical (unpaired) electrons. The zero-order valence-corrected chi connectivity index (χ0v) is 17.2. The van der Waals surface area contributed by atoms with Crippen LogP contribution in [0.15, 0.2) is 53.1 Å². The summed E-state index contributed by atoms with van der Waals surface area (Å²) in [7, 11) is -3.74. The number of nitrogens with zero attached hydrogens (tertiary/aromatic N) is 1. The number of allylic oxidation sites excluding steroid dienone is 3. The molecule has 1 aromatic carbocycles. The van der Waals surface area contributed by atoms with Crippen molar-refractivity contribution in [3.05, 3.63) is 53.8 Å². The number of rotatable bonds is 6. The van der Waals surface area contributed by atoms with Gasteiger partial charge in [0.2, 0.25) is 0 Å². The lowest BCUT2D eigenvalue weighted by atomic mass is 9.92. The third kappa shape index (κ3) is 5.85. The highest BCUT2D eigenvalue weighted by Crippen LogP contribution is 2.34. The molecule has 0 saturated carbocycles. The Balaban J connectivity index is 1.42. The van der Waals surface area contributed by atoms with Crippen LogP contribution in [0.2, 0.25) is 0 Å². The normalized spacial score (nSPS) is 21.3. The molecule has 4 nitrogen and oxygen atoms in total. The third-order valence-electron chi connectivity index (χ3n) is 5.55. The van der Waals surface area contributed by atoms with E-state index in [1.807, 2.05) is 6.92 Å². The summed E-state index contributed by atoms with van der Waals surface area (Å²) in [6, 6.07) is 6.55. The predicted octanol–water partition coefficient (Wildman–Crippen LogP) is 4.82. The van der Waals surface area contributed by atoms with Crippen molar-refractivity contribution in [2.24, 2.45) is 11.8 Å². The Bertz CT molecular complexity index is 852. The summed E-state index contributed by atoms with van der Waals surface area (Å²) in [6.07, 6.45) is 2.64. The minimum atomic E-state index is -4.19. The van der Waals surface area contributed by atoms with E-state index >= 15 is 0 Å². The number of hydrogen-bond donors (Lipinski definition) is 0. The molecule has 1 saturated heterocycles. The first kappa shape index (κ1) is 21.9. The maximum atomic E-state index is 12.7. The molecule has 1 aliphatic heterocycles. The van der Waals surface area contributed by atoms with E-state index in [0.29, 0.717) is 12.3 Å². The summed E-state index contributed by atoms with van der Waals surface area (Å²) in [5.74, 6) is -1.05. The molecule has 0 bridgehead atoms. The maximum Gasteiger partial charge on any atom is 0.395 e. The molecule has 1 fully saturated rings. The molecule has 0 aromatic heterocycles. The Morgan fingerprint density at radius 1 is 1.14 bits per heavy atom. The minimum Gasteiger partial charge on any atom is -0.372 e. The summed E-state index contributed by atoms with van der Waals surface area (Å²) in [6.45, 7) is 3.53. The van der Waals surface area contributed by atoms with Gasteiger partial charge in [0, 0.05) is 18.8 Å². The molecule has 0 spiro atoms. The Hall–Kier alpha value is -1.80. The van der Waals surface area contributed by atoms with Crippen LogP contribution in [0.5, 0.6) is 0 Å². The van der Waals surface area contributed by atoms with Crippen LogP contribution in [0.3, 0.4) is 0 Å². The van der Waals surface area contributed by atoms with Crippen LogP contribution in [0.25, 0.3) is 0 Å². The fraction of sp³-hybridized carbons (Fsp3) is 0.524. The van der Waals surface area contributed by atoms with Gasteiger partial charge < -0.3 is 4.90 Å². The van der Waals surface area contributed by atoms with E-state index in [4.69, 9.17) is 4.18 Å². The Morgan fingerprint density at radius 2 is 1.79 bits per heavy atom. The standard InChI is InChI=1S/C21H26F3NO3S/c1-16-2-8-20(9-3-16)29(26,27)28-15-12-17-10-13-25(14-11-17)19-6-4-18(5-7-19)21(22,23)24/h2-4,6-9,17-18H,5,10-15H2,1H3. The topological polar surface area (TPSA) is 46.6 Å². The molecule has 1 atom stereocenters. The molecule has 2 aliphatic rings. The molecule has 1 aliphatic carbocycles. The number of alkyl halides is 3. The molecule has 8 heteroatoms. The number of aryl methyl sites for hydroxylation is 1. The minimum absolute atomic E-state index is 0.0139. The second-order valence-corrected chi connectivity index (χ2v) is 9.30. The van der Waals surface area contributed by atoms with Crippen molar-refractivity contribution in [3.8, 4) is 0 Å². The quantitative estimate of drug-likeness (QED) is 0.608. The smallest absolute Gasteiger partial charge is 0.372 e. The van der Waals surface area contributed by atoms with Gasteiger partial charge in [-0.3, -0.25) is 4.18 Å². The molecule has 0 N–H and O–H groups in total. The predicted molar refractivity (Wildman–Crippen MR) is 105 cm³/mol. The summed E-state index contributed by atoms with van der Waals surface area (Å²) >= 11 is 0. The highest BCUT2D eigenvalue weighted by molar-refractivity contribution is 7.86. The van der Waals surface area contributed by atoms with Gasteiger partial charge in [0.1, 0.15) is 0 Å². The molecule has 160 valence electrons. The second kappa shape index (κ2) is 8.92. The lowest BCUT2D eigenvalue weighted by molar-refractivity contribution is -0.160. The van der Waals surface area contributed by atoms with Crippen LogP contribution in [0, 0.1) is 18.8 Å². The van der Waals surface area contributed by atoms with E-state index in [0.717, 1.165) is 37.2 Å². The van der Waals surface area contributed by atoms with Gasteiger partial charge in [0.25, 0.3) is 10.1 Å². The molecule has 0 amide bonds. The number of piperidine rings is 1. The van der Waals surface area contributed by atoms with Gasteiger partial charge in [0.05, 0.1) is 17.4 Å². The van der Waals surface area contributed by atoms with Crippen LogP contribution >= 0.6 is 0 Å². The zero-order valence-electron chi connectivity index (χ0n) is 16.4. The zero-order chi connectivity index (χ0) is 21.1. The number of hydrogen-bond acceptors (Lipinski definition) is 4. The number of likely N-dealkylation sites (tertiary alicyclic amines) is 1. The van der Waals surface area contributed by atoms with Crippen LogP contribution in [0.4, 0.5) is 13.2 Å². The van der Waals surface area contributed by atoms with Gasteiger partial charge in [-0.05, 0) is 56.7 Å². The van der Waals surface area contributed by atoms with Crippen molar-refractivity contribution in [1.82, 2.24) is 4.90 Å². The van der Waals surface area contributed by atoms with Gasteiger partial charge >= 0.3 is 6.18 Å². The molecular formula is C21H26F3NO3S. The fourth-order valence-electron chi connectivity index (χ4n) is 3.66. The van der Waals surface area contributed by atoms with Crippen molar-refractivity contribution < 1.29 is 25.8 Å². The molecule has 1 heterocycles. The molecule has 1 aromatic rings. The average molecular weight is 430 g/mol. The van der Waals surface area contributed by atoms with Crippen LogP contribution in [0.1, 0.15) is 31.2 Å². The van der Waals surface area contributed by atoms with Crippen LogP contribution < -0.4 is 0 Å². The maximum absolute atomic E-state index is 12.7. The summed E-state index contributed by atoms with van der Waals surface area (Å²) in [4.78, 5) is 2.26. The van der Waals surface area contributed by atoms with Crippen molar-refractivity contribution in [2.45, 2.75) is 43.7 Å². The average Bonchev–Trinajstić information content (AvgIpc) is 2.68. The van der Waals surface area contributed by atoms with E-state index < -0.39 is 22.2 Å². The van der Waals surface area contributed by atoms with Crippen molar-refractivity contribution in [2.75, 3.05) is 19.7 Å². The van der Waals surface area contributed by atoms with Gasteiger partial charge in [-0.1, -0.05) is 29.8 Å².